The van der Waals surface area contributed by atoms with Crippen LogP contribution in [-0.2, 0) is 30.8 Å². The fraction of sp³-hybridized carbons (Fsp3) is 0.318. The molecule has 1 unspecified atom stereocenters. The molecule has 0 spiro atoms. The number of nitrogens with two attached hydrogens (primary N) is 1. The van der Waals surface area contributed by atoms with E-state index >= 15 is 0 Å². The number of hydrogen-bond acceptors (Lipinski definition) is 5. The van der Waals surface area contributed by atoms with Crippen molar-refractivity contribution in [2.75, 3.05) is 6.54 Å². The molecule has 2 aromatic rings. The highest BCUT2D eigenvalue weighted by Gasteiger charge is 2.40. The quantitative estimate of drug-likeness (QED) is 0.587. The topological polar surface area (TPSA) is 127 Å². The second kappa shape index (κ2) is 9.40. The number of nitrogens with one attached hydrogen (secondary N) is 1. The normalized spacial score (nSPS) is 17.8. The van der Waals surface area contributed by atoms with Crippen molar-refractivity contribution >= 4 is 27.6 Å². The van der Waals surface area contributed by atoms with Crippen LogP contribution in [0.3, 0.4) is 0 Å². The van der Waals surface area contributed by atoms with Gasteiger partial charge in [0.25, 0.3) is 5.91 Å². The third-order valence-corrected chi connectivity index (χ3v) is 7.21. The van der Waals surface area contributed by atoms with Gasteiger partial charge in [-0.15, -0.1) is 0 Å². The molecule has 3 rings (SSSR count). The summed E-state index contributed by atoms with van der Waals surface area (Å²) in [6.45, 7) is 2.05. The zero-order valence-corrected chi connectivity index (χ0v) is 18.0. The van der Waals surface area contributed by atoms with Crippen LogP contribution in [0.5, 0.6) is 0 Å². The Labute approximate surface area is 181 Å². The SMILES string of the molecule is Cc1ccc(S(=O)(=O)N2CCC[C@@H]2C(=O)NC(Cc2ccccc2)C(=O)C(N)=O)cc1. The molecule has 2 amide bonds. The van der Waals surface area contributed by atoms with Gasteiger partial charge in [0, 0.05) is 13.0 Å². The van der Waals surface area contributed by atoms with Crippen LogP contribution in [0.2, 0.25) is 0 Å². The Morgan fingerprint density at radius 2 is 1.74 bits per heavy atom. The first-order valence-corrected chi connectivity index (χ1v) is 11.4. The van der Waals surface area contributed by atoms with Gasteiger partial charge in [0.15, 0.2) is 0 Å². The molecule has 0 aliphatic carbocycles. The van der Waals surface area contributed by atoms with Crippen LogP contribution in [-0.4, -0.2) is 48.9 Å². The van der Waals surface area contributed by atoms with Crippen molar-refractivity contribution in [3.05, 3.63) is 65.7 Å². The largest absolute Gasteiger partial charge is 0.363 e. The summed E-state index contributed by atoms with van der Waals surface area (Å²) < 4.78 is 27.3. The predicted octanol–water partition coefficient (Wildman–Crippen LogP) is 0.930. The number of carbonyl (C=O) groups is 3. The molecule has 9 heteroatoms. The van der Waals surface area contributed by atoms with Crippen molar-refractivity contribution in [1.29, 1.82) is 0 Å². The van der Waals surface area contributed by atoms with Crippen LogP contribution in [0.25, 0.3) is 0 Å². The van der Waals surface area contributed by atoms with Crippen molar-refractivity contribution in [2.24, 2.45) is 5.73 Å². The van der Waals surface area contributed by atoms with E-state index in [0.717, 1.165) is 15.4 Å². The third-order valence-electron chi connectivity index (χ3n) is 5.29. The molecular weight excluding hydrogens is 418 g/mol. The van der Waals surface area contributed by atoms with Crippen LogP contribution < -0.4 is 11.1 Å². The second-order valence-corrected chi connectivity index (χ2v) is 9.46. The summed E-state index contributed by atoms with van der Waals surface area (Å²) in [5.41, 5.74) is 6.81. The van der Waals surface area contributed by atoms with E-state index in [4.69, 9.17) is 5.73 Å². The molecule has 1 fully saturated rings. The number of ketones is 1. The summed E-state index contributed by atoms with van der Waals surface area (Å²) in [6, 6.07) is 13.1. The molecule has 0 radical (unpaired) electrons. The molecule has 1 aliphatic heterocycles. The molecule has 1 aliphatic rings. The van der Waals surface area contributed by atoms with Crippen molar-refractivity contribution in [3.63, 3.8) is 0 Å². The van der Waals surface area contributed by atoms with Crippen LogP contribution in [0.15, 0.2) is 59.5 Å². The van der Waals surface area contributed by atoms with Crippen LogP contribution >= 0.6 is 0 Å². The molecule has 164 valence electrons. The van der Waals surface area contributed by atoms with E-state index in [9.17, 15) is 22.8 Å². The Kier molecular flexibility index (Phi) is 6.87. The zero-order chi connectivity index (χ0) is 22.6. The average molecular weight is 444 g/mol. The number of amides is 2. The monoisotopic (exact) mass is 443 g/mol. The average Bonchev–Trinajstić information content (AvgIpc) is 3.25. The fourth-order valence-electron chi connectivity index (χ4n) is 3.63. The lowest BCUT2D eigenvalue weighted by Crippen LogP contribution is -2.53. The standard InChI is InChI=1S/C22H25N3O5S/c1-15-9-11-17(12-10-15)31(29,30)25-13-5-8-19(25)22(28)24-18(20(26)21(23)27)14-16-6-3-2-4-7-16/h2-4,6-7,9-12,18-19H,5,8,13-14H2,1H3,(H2,23,27)(H,24,28)/t18?,19-/m1/s1. The molecule has 0 bridgehead atoms. The van der Waals surface area contributed by atoms with E-state index in [1.165, 1.54) is 12.1 Å². The molecule has 1 heterocycles. The summed E-state index contributed by atoms with van der Waals surface area (Å²) in [5.74, 6) is -2.70. The van der Waals surface area contributed by atoms with E-state index in [-0.39, 0.29) is 17.9 Å². The number of sulfonamides is 1. The zero-order valence-electron chi connectivity index (χ0n) is 17.2. The summed E-state index contributed by atoms with van der Waals surface area (Å²) in [4.78, 5) is 36.9. The molecule has 0 aromatic heterocycles. The number of benzene rings is 2. The molecule has 2 atom stereocenters. The van der Waals surface area contributed by atoms with Gasteiger partial charge >= 0.3 is 0 Å². The maximum Gasteiger partial charge on any atom is 0.287 e. The van der Waals surface area contributed by atoms with E-state index in [1.54, 1.807) is 42.5 Å². The van der Waals surface area contributed by atoms with Gasteiger partial charge in [-0.05, 0) is 37.5 Å². The summed E-state index contributed by atoms with van der Waals surface area (Å²) in [6.07, 6.45) is 0.905. The predicted molar refractivity (Wildman–Crippen MR) is 114 cm³/mol. The van der Waals surface area contributed by atoms with Gasteiger partial charge in [0.05, 0.1) is 4.90 Å². The Morgan fingerprint density at radius 3 is 2.35 bits per heavy atom. The van der Waals surface area contributed by atoms with E-state index < -0.39 is 39.7 Å². The highest BCUT2D eigenvalue weighted by molar-refractivity contribution is 7.89. The van der Waals surface area contributed by atoms with E-state index in [1.807, 2.05) is 6.92 Å². The third kappa shape index (κ3) is 5.18. The maximum atomic E-state index is 13.1. The number of hydrogen-bond donors (Lipinski definition) is 2. The molecular formula is C22H25N3O5S. The van der Waals surface area contributed by atoms with Crippen LogP contribution in [0.4, 0.5) is 0 Å². The molecule has 0 saturated carbocycles. The molecule has 2 aromatic carbocycles. The molecule has 31 heavy (non-hydrogen) atoms. The second-order valence-electron chi connectivity index (χ2n) is 7.57. The fourth-order valence-corrected chi connectivity index (χ4v) is 5.29. The van der Waals surface area contributed by atoms with Crippen LogP contribution in [0, 0.1) is 6.92 Å². The first kappa shape index (κ1) is 22.6. The highest BCUT2D eigenvalue weighted by Crippen LogP contribution is 2.26. The lowest BCUT2D eigenvalue weighted by atomic mass is 10.0. The summed E-state index contributed by atoms with van der Waals surface area (Å²) >= 11 is 0. The Bertz CT molecular complexity index is 1070. The minimum atomic E-state index is -3.88. The van der Waals surface area contributed by atoms with Gasteiger partial charge in [-0.3, -0.25) is 14.4 Å². The minimum absolute atomic E-state index is 0.0752. The number of rotatable bonds is 8. The Morgan fingerprint density at radius 1 is 1.10 bits per heavy atom. The number of carbonyl (C=O) groups excluding carboxylic acids is 3. The summed E-state index contributed by atoms with van der Waals surface area (Å²) in [5, 5.41) is 2.56. The van der Waals surface area contributed by atoms with Crippen LogP contribution in [0.1, 0.15) is 24.0 Å². The van der Waals surface area contributed by atoms with Gasteiger partial charge in [-0.2, -0.15) is 4.31 Å². The van der Waals surface area contributed by atoms with Gasteiger partial charge in [0.2, 0.25) is 21.7 Å². The number of primary amides is 1. The number of nitrogens with zero attached hydrogens (tertiary/aromatic N) is 1. The van der Waals surface area contributed by atoms with E-state index in [0.29, 0.717) is 12.8 Å². The first-order chi connectivity index (χ1) is 14.7. The van der Waals surface area contributed by atoms with Gasteiger partial charge in [0.1, 0.15) is 12.1 Å². The molecule has 1 saturated heterocycles. The lowest BCUT2D eigenvalue weighted by molar-refractivity contribution is -0.138. The van der Waals surface area contributed by atoms with E-state index in [2.05, 4.69) is 5.32 Å². The van der Waals surface area contributed by atoms with Gasteiger partial charge in [-0.1, -0.05) is 48.0 Å². The Hall–Kier alpha value is -3.04. The number of Topliss-reactive ketones (excluding diaryl/α,β-unsaturated/α-hetero) is 1. The Balaban J connectivity index is 1.81. The lowest BCUT2D eigenvalue weighted by Gasteiger charge is -2.25. The van der Waals surface area contributed by atoms with Gasteiger partial charge < -0.3 is 11.1 Å². The highest BCUT2D eigenvalue weighted by atomic mass is 32.2. The number of aryl methyl sites for hydroxylation is 1. The van der Waals surface area contributed by atoms with Crippen molar-refractivity contribution in [2.45, 2.75) is 43.2 Å². The maximum absolute atomic E-state index is 13.1. The first-order valence-electron chi connectivity index (χ1n) is 9.96. The molecule has 8 nitrogen and oxygen atoms in total. The van der Waals surface area contributed by atoms with Crippen molar-refractivity contribution in [3.8, 4) is 0 Å². The van der Waals surface area contributed by atoms with Crippen molar-refractivity contribution in [1.82, 2.24) is 9.62 Å². The molecule has 3 N–H and O–H groups in total. The van der Waals surface area contributed by atoms with Crippen molar-refractivity contribution < 1.29 is 22.8 Å². The summed E-state index contributed by atoms with van der Waals surface area (Å²) in [7, 11) is -3.88. The smallest absolute Gasteiger partial charge is 0.287 e. The minimum Gasteiger partial charge on any atom is -0.363 e. The van der Waals surface area contributed by atoms with Gasteiger partial charge in [-0.25, -0.2) is 8.42 Å².